The number of hydrogen-bond acceptors (Lipinski definition) is 5. The smallest absolute Gasteiger partial charge is 0.341 e. The van der Waals surface area contributed by atoms with Gasteiger partial charge in [0.05, 0.1) is 14.2 Å². The number of carbonyl (C=O) groups is 2. The summed E-state index contributed by atoms with van der Waals surface area (Å²) in [5.41, 5.74) is 1.99. The van der Waals surface area contributed by atoms with E-state index >= 15 is 0 Å². The topological polar surface area (TPSA) is 64.6 Å². The maximum Gasteiger partial charge on any atom is 0.341 e. The van der Waals surface area contributed by atoms with Crippen molar-refractivity contribution in [1.82, 2.24) is 0 Å². The van der Waals surface area contributed by atoms with Crippen LogP contribution in [0, 0.1) is 0 Å². The number of anilines is 1. The molecule has 0 fully saturated rings. The normalized spacial score (nSPS) is 10.3. The molecule has 5 nitrogen and oxygen atoms in total. The third-order valence-electron chi connectivity index (χ3n) is 3.90. The Morgan fingerprint density at radius 2 is 1.81 bits per heavy atom. The van der Waals surface area contributed by atoms with Gasteiger partial charge in [0.25, 0.3) is 5.91 Å². The number of methoxy groups -OCH3 is 2. The zero-order valence-electron chi connectivity index (χ0n) is 14.6. The molecule has 0 aliphatic rings. The van der Waals surface area contributed by atoms with Crippen molar-refractivity contribution in [3.8, 4) is 16.9 Å². The fraction of sp³-hybridized carbons (Fsp3) is 0.100. The number of amides is 1. The van der Waals surface area contributed by atoms with Crippen molar-refractivity contribution < 1.29 is 19.1 Å². The number of rotatable bonds is 5. The monoisotopic (exact) mass is 401 g/mol. The molecule has 0 bridgehead atoms. The molecule has 0 aliphatic carbocycles. The van der Waals surface area contributed by atoms with Gasteiger partial charge in [-0.05, 0) is 24.3 Å². The molecule has 0 radical (unpaired) electrons. The van der Waals surface area contributed by atoms with Crippen molar-refractivity contribution in [3.05, 3.63) is 70.1 Å². The Bertz CT molecular complexity index is 999. The first-order chi connectivity index (χ1) is 13.0. The number of ether oxygens (including phenoxy) is 2. The fourth-order valence-electron chi connectivity index (χ4n) is 2.57. The molecule has 27 heavy (non-hydrogen) atoms. The number of hydrogen-bond donors (Lipinski definition) is 1. The molecule has 3 aromatic rings. The number of carbonyl (C=O) groups excluding carboxylic acids is 2. The molecule has 0 saturated heterocycles. The summed E-state index contributed by atoms with van der Waals surface area (Å²) in [5, 5.41) is 5.45. The zero-order chi connectivity index (χ0) is 19.4. The van der Waals surface area contributed by atoms with Crippen LogP contribution in [0.5, 0.6) is 5.75 Å². The average molecular weight is 402 g/mol. The van der Waals surface area contributed by atoms with E-state index in [1.165, 1.54) is 25.6 Å². The van der Waals surface area contributed by atoms with Crippen molar-refractivity contribution >= 4 is 39.8 Å². The van der Waals surface area contributed by atoms with Crippen LogP contribution in [0.3, 0.4) is 0 Å². The van der Waals surface area contributed by atoms with E-state index in [9.17, 15) is 9.59 Å². The van der Waals surface area contributed by atoms with Crippen LogP contribution in [-0.4, -0.2) is 26.1 Å². The Morgan fingerprint density at radius 3 is 2.52 bits per heavy atom. The van der Waals surface area contributed by atoms with Gasteiger partial charge >= 0.3 is 5.97 Å². The highest BCUT2D eigenvalue weighted by atomic mass is 35.5. The van der Waals surface area contributed by atoms with Crippen LogP contribution in [0.4, 0.5) is 5.00 Å². The lowest BCUT2D eigenvalue weighted by Crippen LogP contribution is -2.14. The zero-order valence-corrected chi connectivity index (χ0v) is 16.2. The lowest BCUT2D eigenvalue weighted by atomic mass is 10.0. The van der Waals surface area contributed by atoms with E-state index < -0.39 is 5.97 Å². The third kappa shape index (κ3) is 3.97. The van der Waals surface area contributed by atoms with Crippen molar-refractivity contribution in [2.75, 3.05) is 19.5 Å². The Morgan fingerprint density at radius 1 is 1.04 bits per heavy atom. The Labute approximate surface area is 165 Å². The van der Waals surface area contributed by atoms with Crippen LogP contribution in [0.1, 0.15) is 20.7 Å². The molecule has 0 aliphatic heterocycles. The molecule has 138 valence electrons. The van der Waals surface area contributed by atoms with Gasteiger partial charge in [0.1, 0.15) is 16.3 Å². The van der Waals surface area contributed by atoms with E-state index in [0.29, 0.717) is 32.5 Å². The summed E-state index contributed by atoms with van der Waals surface area (Å²) in [6.07, 6.45) is 0. The Balaban J connectivity index is 1.99. The van der Waals surface area contributed by atoms with Crippen LogP contribution in [0.15, 0.2) is 53.9 Å². The van der Waals surface area contributed by atoms with E-state index in [-0.39, 0.29) is 11.5 Å². The Kier molecular flexibility index (Phi) is 5.78. The summed E-state index contributed by atoms with van der Waals surface area (Å²) in [7, 11) is 2.82. The summed E-state index contributed by atoms with van der Waals surface area (Å²) < 4.78 is 10.1. The Hall–Kier alpha value is -2.83. The van der Waals surface area contributed by atoms with Crippen molar-refractivity contribution in [3.63, 3.8) is 0 Å². The average Bonchev–Trinajstić information content (AvgIpc) is 3.11. The van der Waals surface area contributed by atoms with E-state index in [1.807, 2.05) is 18.2 Å². The molecule has 2 aromatic carbocycles. The lowest BCUT2D eigenvalue weighted by Gasteiger charge is -2.09. The van der Waals surface area contributed by atoms with Crippen molar-refractivity contribution in [2.45, 2.75) is 0 Å². The maximum absolute atomic E-state index is 12.6. The second kappa shape index (κ2) is 8.24. The number of benzene rings is 2. The van der Waals surface area contributed by atoms with Crippen LogP contribution >= 0.6 is 22.9 Å². The largest absolute Gasteiger partial charge is 0.497 e. The summed E-state index contributed by atoms with van der Waals surface area (Å²) >= 11 is 7.51. The summed E-state index contributed by atoms with van der Waals surface area (Å²) in [6, 6.07) is 13.9. The standard InChI is InChI=1S/C20H16ClNO4S/c1-25-13-7-5-6-12(10-13)18(23)22-19-17(20(24)26-2)15(11-27-19)14-8-3-4-9-16(14)21/h3-11H,1-2H3,(H,22,23). The second-order valence-corrected chi connectivity index (χ2v) is 6.80. The van der Waals surface area contributed by atoms with Crippen LogP contribution in [0.2, 0.25) is 5.02 Å². The van der Waals surface area contributed by atoms with Gasteiger partial charge in [-0.1, -0.05) is 35.9 Å². The number of esters is 1. The fourth-order valence-corrected chi connectivity index (χ4v) is 3.75. The molecule has 1 aromatic heterocycles. The molecule has 1 amide bonds. The highest BCUT2D eigenvalue weighted by molar-refractivity contribution is 7.15. The first kappa shape index (κ1) is 18.9. The quantitative estimate of drug-likeness (QED) is 0.603. The number of thiophene rings is 1. The third-order valence-corrected chi connectivity index (χ3v) is 5.13. The molecule has 0 spiro atoms. The SMILES string of the molecule is COC(=O)c1c(-c2ccccc2Cl)csc1NC(=O)c1cccc(OC)c1. The summed E-state index contributed by atoms with van der Waals surface area (Å²) in [6.45, 7) is 0. The maximum atomic E-state index is 12.6. The molecule has 1 heterocycles. The van der Waals surface area contributed by atoms with Gasteiger partial charge in [0, 0.05) is 27.1 Å². The molecular weight excluding hydrogens is 386 g/mol. The molecule has 7 heteroatoms. The predicted molar refractivity (Wildman–Crippen MR) is 107 cm³/mol. The number of halogens is 1. The first-order valence-electron chi connectivity index (χ1n) is 7.95. The summed E-state index contributed by atoms with van der Waals surface area (Å²) in [4.78, 5) is 25.0. The van der Waals surface area contributed by atoms with Crippen LogP contribution in [0.25, 0.3) is 11.1 Å². The molecule has 0 unspecified atom stereocenters. The van der Waals surface area contributed by atoms with E-state index in [0.717, 1.165) is 0 Å². The van der Waals surface area contributed by atoms with Gasteiger partial charge in [0.2, 0.25) is 0 Å². The first-order valence-corrected chi connectivity index (χ1v) is 9.21. The van der Waals surface area contributed by atoms with E-state index in [4.69, 9.17) is 21.1 Å². The minimum Gasteiger partial charge on any atom is -0.497 e. The van der Waals surface area contributed by atoms with E-state index in [1.54, 1.807) is 35.7 Å². The van der Waals surface area contributed by atoms with Gasteiger partial charge < -0.3 is 14.8 Å². The minimum absolute atomic E-state index is 0.270. The minimum atomic E-state index is -0.549. The van der Waals surface area contributed by atoms with Gasteiger partial charge in [-0.3, -0.25) is 4.79 Å². The molecule has 0 atom stereocenters. The highest BCUT2D eigenvalue weighted by Gasteiger charge is 2.23. The summed E-state index contributed by atoms with van der Waals surface area (Å²) in [5.74, 6) is -0.336. The molecule has 1 N–H and O–H groups in total. The lowest BCUT2D eigenvalue weighted by molar-refractivity contribution is 0.0603. The highest BCUT2D eigenvalue weighted by Crippen LogP contribution is 2.39. The molecule has 0 saturated carbocycles. The number of nitrogens with one attached hydrogen (secondary N) is 1. The predicted octanol–water partition coefficient (Wildman–Crippen LogP) is 5.12. The van der Waals surface area contributed by atoms with Gasteiger partial charge in [-0.25, -0.2) is 4.79 Å². The van der Waals surface area contributed by atoms with Gasteiger partial charge in [0.15, 0.2) is 0 Å². The molecular formula is C20H16ClNO4S. The second-order valence-electron chi connectivity index (χ2n) is 5.51. The van der Waals surface area contributed by atoms with Crippen molar-refractivity contribution in [1.29, 1.82) is 0 Å². The van der Waals surface area contributed by atoms with Crippen LogP contribution < -0.4 is 10.1 Å². The van der Waals surface area contributed by atoms with Crippen LogP contribution in [-0.2, 0) is 4.74 Å². The van der Waals surface area contributed by atoms with Gasteiger partial charge in [-0.2, -0.15) is 0 Å². The molecule has 3 rings (SSSR count). The van der Waals surface area contributed by atoms with Crippen molar-refractivity contribution in [2.24, 2.45) is 0 Å². The van der Waals surface area contributed by atoms with E-state index in [2.05, 4.69) is 5.32 Å². The van der Waals surface area contributed by atoms with Gasteiger partial charge in [-0.15, -0.1) is 11.3 Å².